The molecular weight excluding hydrogens is 296 g/mol. The summed E-state index contributed by atoms with van der Waals surface area (Å²) in [5.41, 5.74) is -1.06. The van der Waals surface area contributed by atoms with Gasteiger partial charge in [0.25, 0.3) is 0 Å². The van der Waals surface area contributed by atoms with Crippen molar-refractivity contribution in [2.45, 2.75) is 42.9 Å². The fourth-order valence-electron chi connectivity index (χ4n) is 2.67. The van der Waals surface area contributed by atoms with Crippen LogP contribution in [-0.2, 0) is 4.79 Å². The average molecular weight is 318 g/mol. The number of urea groups is 1. The molecule has 2 amide bonds. The molecule has 1 heterocycles. The lowest BCUT2D eigenvalue weighted by Crippen LogP contribution is -2.58. The Labute approximate surface area is 128 Å². The highest BCUT2D eigenvalue weighted by Gasteiger charge is 2.41. The normalized spacial score (nSPS) is 25.7. The van der Waals surface area contributed by atoms with Crippen molar-refractivity contribution in [3.8, 4) is 0 Å². The zero-order valence-electron chi connectivity index (χ0n) is 11.5. The number of amides is 2. The Kier molecular flexibility index (Phi) is 5.89. The number of carbonyl (C=O) groups is 2. The molecule has 3 N–H and O–H groups in total. The van der Waals surface area contributed by atoms with Crippen LogP contribution in [0.2, 0.25) is 0 Å². The monoisotopic (exact) mass is 318 g/mol. The molecule has 1 aliphatic carbocycles. The molecule has 0 aromatic rings. The predicted molar refractivity (Wildman–Crippen MR) is 83.6 cm³/mol. The molecule has 1 atom stereocenters. The second kappa shape index (κ2) is 7.45. The van der Waals surface area contributed by atoms with Gasteiger partial charge in [-0.15, -0.1) is 0 Å². The number of carbonyl (C=O) groups excluding carboxylic acids is 1. The highest BCUT2D eigenvalue weighted by Crippen LogP contribution is 2.28. The number of hydrogen-bond donors (Lipinski definition) is 3. The van der Waals surface area contributed by atoms with Crippen molar-refractivity contribution in [2.24, 2.45) is 0 Å². The Morgan fingerprint density at radius 2 is 1.95 bits per heavy atom. The lowest BCUT2D eigenvalue weighted by molar-refractivity contribution is -0.145. The van der Waals surface area contributed by atoms with E-state index >= 15 is 0 Å². The van der Waals surface area contributed by atoms with Crippen LogP contribution in [0.1, 0.15) is 32.1 Å². The molecular formula is C13H22N2O3S2. The second-order valence-corrected chi connectivity index (χ2v) is 7.91. The van der Waals surface area contributed by atoms with Gasteiger partial charge in [-0.2, -0.15) is 23.5 Å². The number of nitrogens with one attached hydrogen (secondary N) is 2. The summed E-state index contributed by atoms with van der Waals surface area (Å²) in [7, 11) is 0. The van der Waals surface area contributed by atoms with Crippen molar-refractivity contribution in [1.29, 1.82) is 0 Å². The Morgan fingerprint density at radius 1 is 1.20 bits per heavy atom. The highest BCUT2D eigenvalue weighted by atomic mass is 32.2. The summed E-state index contributed by atoms with van der Waals surface area (Å²) in [6.45, 7) is 0.610. The average Bonchev–Trinajstić information content (AvgIpc) is 2.47. The van der Waals surface area contributed by atoms with Gasteiger partial charge in [-0.3, -0.25) is 0 Å². The zero-order chi connectivity index (χ0) is 14.4. The van der Waals surface area contributed by atoms with Gasteiger partial charge < -0.3 is 15.7 Å². The molecule has 0 aromatic heterocycles. The molecule has 7 heteroatoms. The maximum absolute atomic E-state index is 12.0. The first-order chi connectivity index (χ1) is 9.62. The molecule has 1 aliphatic heterocycles. The van der Waals surface area contributed by atoms with Gasteiger partial charge in [0.05, 0.1) is 0 Å². The van der Waals surface area contributed by atoms with Gasteiger partial charge in [-0.05, 0) is 12.8 Å². The van der Waals surface area contributed by atoms with Crippen LogP contribution in [-0.4, -0.2) is 51.7 Å². The standard InChI is InChI=1S/C13H22N2O3S2/c16-11(17)13(4-2-1-3-5-13)15-12(18)14-8-10-9-19-6-7-20-10/h10H,1-9H2,(H,16,17)(H2,14,15,18). The van der Waals surface area contributed by atoms with Gasteiger partial charge in [-0.25, -0.2) is 9.59 Å². The summed E-state index contributed by atoms with van der Waals surface area (Å²) in [6, 6.07) is -0.342. The molecule has 1 saturated heterocycles. The molecule has 2 aliphatic rings. The maximum atomic E-state index is 12.0. The summed E-state index contributed by atoms with van der Waals surface area (Å²) in [5.74, 6) is 2.44. The number of hydrogen-bond acceptors (Lipinski definition) is 4. The van der Waals surface area contributed by atoms with Gasteiger partial charge in [0.2, 0.25) is 0 Å². The smallest absolute Gasteiger partial charge is 0.329 e. The van der Waals surface area contributed by atoms with Crippen LogP contribution in [0.4, 0.5) is 4.79 Å². The predicted octanol–water partition coefficient (Wildman–Crippen LogP) is 1.92. The quantitative estimate of drug-likeness (QED) is 0.738. The Hall–Kier alpha value is -0.560. The van der Waals surface area contributed by atoms with Crippen LogP contribution < -0.4 is 10.6 Å². The third-order valence-corrected chi connectivity index (χ3v) is 6.69. The van der Waals surface area contributed by atoms with Crippen molar-refractivity contribution < 1.29 is 14.7 Å². The van der Waals surface area contributed by atoms with Crippen molar-refractivity contribution in [3.63, 3.8) is 0 Å². The van der Waals surface area contributed by atoms with Crippen molar-refractivity contribution >= 4 is 35.5 Å². The van der Waals surface area contributed by atoms with Gasteiger partial charge in [-0.1, -0.05) is 19.3 Å². The molecule has 5 nitrogen and oxygen atoms in total. The van der Waals surface area contributed by atoms with Gasteiger partial charge in [0.1, 0.15) is 5.54 Å². The molecule has 0 radical (unpaired) electrons. The Bertz CT molecular complexity index is 354. The lowest BCUT2D eigenvalue weighted by atomic mass is 9.82. The summed E-state index contributed by atoms with van der Waals surface area (Å²) in [4.78, 5) is 23.4. The third-order valence-electron chi connectivity index (χ3n) is 3.84. The van der Waals surface area contributed by atoms with E-state index in [1.165, 1.54) is 5.75 Å². The third kappa shape index (κ3) is 4.22. The number of carboxylic acids is 1. The topological polar surface area (TPSA) is 78.4 Å². The minimum absolute atomic E-state index is 0.342. The minimum atomic E-state index is -1.06. The number of rotatable bonds is 4. The summed E-state index contributed by atoms with van der Waals surface area (Å²) < 4.78 is 0. The van der Waals surface area contributed by atoms with Crippen LogP contribution in [0.3, 0.4) is 0 Å². The molecule has 1 saturated carbocycles. The van der Waals surface area contributed by atoms with E-state index in [4.69, 9.17) is 0 Å². The van der Waals surface area contributed by atoms with E-state index < -0.39 is 11.5 Å². The van der Waals surface area contributed by atoms with Crippen LogP contribution in [0.15, 0.2) is 0 Å². The van der Waals surface area contributed by atoms with Crippen LogP contribution >= 0.6 is 23.5 Å². The molecule has 114 valence electrons. The molecule has 1 unspecified atom stereocenters. The van der Waals surface area contributed by atoms with Crippen molar-refractivity contribution in [1.82, 2.24) is 10.6 Å². The van der Waals surface area contributed by atoms with Crippen molar-refractivity contribution in [3.05, 3.63) is 0 Å². The fraction of sp³-hybridized carbons (Fsp3) is 0.846. The SMILES string of the molecule is O=C(NCC1CSCCS1)NC1(C(=O)O)CCCCC1. The van der Waals surface area contributed by atoms with Gasteiger partial charge >= 0.3 is 12.0 Å². The second-order valence-electron chi connectivity index (χ2n) is 5.35. The largest absolute Gasteiger partial charge is 0.480 e. The van der Waals surface area contributed by atoms with Gasteiger partial charge in [0.15, 0.2) is 0 Å². The van der Waals surface area contributed by atoms with E-state index in [1.807, 2.05) is 23.5 Å². The highest BCUT2D eigenvalue weighted by molar-refractivity contribution is 8.06. The fourth-order valence-corrected chi connectivity index (χ4v) is 5.28. The van der Waals surface area contributed by atoms with Gasteiger partial charge in [0, 0.05) is 29.1 Å². The van der Waals surface area contributed by atoms with Crippen LogP contribution in [0.5, 0.6) is 0 Å². The van der Waals surface area contributed by atoms with E-state index in [2.05, 4.69) is 10.6 Å². The molecule has 0 bridgehead atoms. The first-order valence-electron chi connectivity index (χ1n) is 7.11. The van der Waals surface area contributed by atoms with E-state index in [0.29, 0.717) is 24.6 Å². The minimum Gasteiger partial charge on any atom is -0.480 e. The van der Waals surface area contributed by atoms with E-state index in [0.717, 1.165) is 30.8 Å². The number of aliphatic carboxylic acids is 1. The van der Waals surface area contributed by atoms with Crippen LogP contribution in [0, 0.1) is 0 Å². The molecule has 0 aromatic carbocycles. The first-order valence-corrected chi connectivity index (χ1v) is 9.31. The molecule has 2 rings (SSSR count). The summed E-state index contributed by atoms with van der Waals surface area (Å²) in [6.07, 6.45) is 3.84. The summed E-state index contributed by atoms with van der Waals surface area (Å²) in [5, 5.41) is 15.4. The van der Waals surface area contributed by atoms with E-state index in [-0.39, 0.29) is 6.03 Å². The van der Waals surface area contributed by atoms with Crippen LogP contribution in [0.25, 0.3) is 0 Å². The number of thioether (sulfide) groups is 2. The Morgan fingerprint density at radius 3 is 2.55 bits per heavy atom. The lowest BCUT2D eigenvalue weighted by Gasteiger charge is -2.34. The van der Waals surface area contributed by atoms with E-state index in [9.17, 15) is 14.7 Å². The molecule has 20 heavy (non-hydrogen) atoms. The summed E-state index contributed by atoms with van der Waals surface area (Å²) >= 11 is 3.78. The molecule has 2 fully saturated rings. The zero-order valence-corrected chi connectivity index (χ0v) is 13.2. The Balaban J connectivity index is 1.80. The molecule has 0 spiro atoms. The van der Waals surface area contributed by atoms with Crippen molar-refractivity contribution in [2.75, 3.05) is 23.8 Å². The number of carboxylic acid groups (broad SMARTS) is 1. The maximum Gasteiger partial charge on any atom is 0.329 e. The van der Waals surface area contributed by atoms with E-state index in [1.54, 1.807) is 0 Å². The first kappa shape index (κ1) is 15.8.